The maximum Gasteiger partial charge on any atom is 0.220 e. The molecule has 3 aliphatic rings. The van der Waals surface area contributed by atoms with Crippen molar-refractivity contribution in [1.82, 2.24) is 5.32 Å². The van der Waals surface area contributed by atoms with E-state index in [9.17, 15) is 61.0 Å². The Morgan fingerprint density at radius 2 is 0.986 bits per heavy atom. The molecular formula is C51H83NO18. The van der Waals surface area contributed by atoms with E-state index in [1.165, 1.54) is 0 Å². The van der Waals surface area contributed by atoms with Crippen molar-refractivity contribution in [2.75, 3.05) is 26.4 Å². The highest BCUT2D eigenvalue weighted by molar-refractivity contribution is 5.76. The van der Waals surface area contributed by atoms with Gasteiger partial charge in [0, 0.05) is 6.42 Å². The molecule has 3 fully saturated rings. The number of ether oxygens (including phenoxy) is 6. The summed E-state index contributed by atoms with van der Waals surface area (Å²) in [5.41, 5.74) is 0. The first-order valence-corrected chi connectivity index (χ1v) is 24.8. The van der Waals surface area contributed by atoms with E-state index in [-0.39, 0.29) is 12.3 Å². The molecule has 0 aromatic carbocycles. The fraction of sp³-hybridized carbons (Fsp3) is 0.706. The zero-order valence-electron chi connectivity index (χ0n) is 40.7. The Labute approximate surface area is 412 Å². The Balaban J connectivity index is 1.54. The second kappa shape index (κ2) is 35.2. The van der Waals surface area contributed by atoms with E-state index < -0.39 is 131 Å². The summed E-state index contributed by atoms with van der Waals surface area (Å²) in [6, 6.07) is -1.01. The molecule has 400 valence electrons. The van der Waals surface area contributed by atoms with Crippen LogP contribution >= 0.6 is 0 Å². The number of rotatable bonds is 32. The lowest BCUT2D eigenvalue weighted by atomic mass is 9.96. The maximum atomic E-state index is 13.1. The van der Waals surface area contributed by atoms with Crippen molar-refractivity contribution in [3.05, 3.63) is 85.1 Å². The number of aliphatic hydroxyl groups excluding tert-OH is 11. The smallest absolute Gasteiger partial charge is 0.220 e. The molecule has 70 heavy (non-hydrogen) atoms. The zero-order chi connectivity index (χ0) is 51.3. The lowest BCUT2D eigenvalue weighted by Gasteiger charge is -2.48. The fourth-order valence-electron chi connectivity index (χ4n) is 7.80. The summed E-state index contributed by atoms with van der Waals surface area (Å²) < 4.78 is 33.9. The largest absolute Gasteiger partial charge is 0.394 e. The third-order valence-corrected chi connectivity index (χ3v) is 12.0. The molecule has 17 atom stereocenters. The monoisotopic (exact) mass is 998 g/mol. The van der Waals surface area contributed by atoms with Crippen molar-refractivity contribution in [3.63, 3.8) is 0 Å². The quantitative estimate of drug-likeness (QED) is 0.0334. The molecule has 0 aromatic heterocycles. The maximum absolute atomic E-state index is 13.1. The average Bonchev–Trinajstić information content (AvgIpc) is 3.35. The van der Waals surface area contributed by atoms with Gasteiger partial charge in [0.05, 0.1) is 38.6 Å². The molecule has 0 saturated carbocycles. The molecule has 19 nitrogen and oxygen atoms in total. The predicted molar refractivity (Wildman–Crippen MR) is 258 cm³/mol. The summed E-state index contributed by atoms with van der Waals surface area (Å²) in [4.78, 5) is 13.1. The summed E-state index contributed by atoms with van der Waals surface area (Å²) in [6.07, 6.45) is 12.3. The number of nitrogens with one attached hydrogen (secondary N) is 1. The number of amides is 1. The molecule has 19 heteroatoms. The van der Waals surface area contributed by atoms with Crippen molar-refractivity contribution in [2.45, 2.75) is 202 Å². The molecule has 0 bridgehead atoms. The first-order chi connectivity index (χ1) is 33.8. The van der Waals surface area contributed by atoms with Gasteiger partial charge in [0.2, 0.25) is 5.91 Å². The van der Waals surface area contributed by atoms with Crippen LogP contribution in [-0.2, 0) is 33.2 Å². The van der Waals surface area contributed by atoms with E-state index in [1.54, 1.807) is 6.08 Å². The van der Waals surface area contributed by atoms with Crippen LogP contribution < -0.4 is 5.32 Å². The topological polar surface area (TPSA) is 307 Å². The molecule has 0 aliphatic carbocycles. The number of allylic oxidation sites excluding steroid dienone is 13. The SMILES string of the molecule is CC/C=C\C/C=C\C/C=C\C/C=C\C/C=C\C/C=C\CCC(=O)NC(COC1OC(CO)C(OC2OC(CO)C(OC3OC(CO)C(O)C(O)C3O)C(O)C2O)C(O)C1O)C(O)/C=C/CCCCCC. The van der Waals surface area contributed by atoms with Crippen LogP contribution in [0.2, 0.25) is 0 Å². The van der Waals surface area contributed by atoms with E-state index in [2.05, 4.69) is 79.9 Å². The summed E-state index contributed by atoms with van der Waals surface area (Å²) in [7, 11) is 0. The van der Waals surface area contributed by atoms with Gasteiger partial charge in [-0.3, -0.25) is 4.79 Å². The molecule has 3 heterocycles. The van der Waals surface area contributed by atoms with Crippen LogP contribution in [0.3, 0.4) is 0 Å². The Hall–Kier alpha value is -3.03. The molecule has 3 aliphatic heterocycles. The Morgan fingerprint density at radius 1 is 0.529 bits per heavy atom. The minimum atomic E-state index is -1.99. The van der Waals surface area contributed by atoms with Crippen molar-refractivity contribution >= 4 is 5.91 Å². The summed E-state index contributed by atoms with van der Waals surface area (Å²) in [6.45, 7) is 1.39. The predicted octanol–water partition coefficient (Wildman–Crippen LogP) is 1.30. The highest BCUT2D eigenvalue weighted by Crippen LogP contribution is 2.33. The van der Waals surface area contributed by atoms with Crippen molar-refractivity contribution in [1.29, 1.82) is 0 Å². The van der Waals surface area contributed by atoms with Crippen LogP contribution in [0, 0.1) is 0 Å². The molecule has 1 amide bonds. The molecule has 0 aromatic rings. The van der Waals surface area contributed by atoms with E-state index in [0.29, 0.717) is 19.3 Å². The van der Waals surface area contributed by atoms with Gasteiger partial charge >= 0.3 is 0 Å². The first kappa shape index (κ1) is 61.3. The summed E-state index contributed by atoms with van der Waals surface area (Å²) in [5.74, 6) is -0.370. The number of carbonyl (C=O) groups excluding carboxylic acids is 1. The molecule has 17 unspecified atom stereocenters. The third kappa shape index (κ3) is 20.8. The Kier molecular flexibility index (Phi) is 30.8. The number of aliphatic hydroxyl groups is 11. The summed E-state index contributed by atoms with van der Waals surface area (Å²) in [5, 5.41) is 119. The zero-order valence-corrected chi connectivity index (χ0v) is 40.7. The van der Waals surface area contributed by atoms with Gasteiger partial charge in [-0.1, -0.05) is 118 Å². The molecule has 3 saturated heterocycles. The van der Waals surface area contributed by atoms with Gasteiger partial charge in [-0.2, -0.15) is 0 Å². The fourth-order valence-corrected chi connectivity index (χ4v) is 7.80. The number of hydrogen-bond donors (Lipinski definition) is 12. The van der Waals surface area contributed by atoms with Gasteiger partial charge in [0.15, 0.2) is 18.9 Å². The first-order valence-electron chi connectivity index (χ1n) is 24.8. The Bertz CT molecular complexity index is 1620. The molecule has 0 spiro atoms. The Morgan fingerprint density at radius 3 is 1.49 bits per heavy atom. The van der Waals surface area contributed by atoms with Gasteiger partial charge in [-0.05, 0) is 57.8 Å². The highest BCUT2D eigenvalue weighted by Gasteiger charge is 2.53. The van der Waals surface area contributed by atoms with Crippen molar-refractivity contribution in [3.8, 4) is 0 Å². The minimum absolute atomic E-state index is 0.112. The molecular weight excluding hydrogens is 915 g/mol. The molecule has 0 radical (unpaired) electrons. The standard InChI is InChI=1S/C51H83NO18/c1-3-5-7-9-11-12-13-14-15-16-17-18-19-20-21-22-23-25-27-29-39(57)52-34(35(56)28-26-24-10-8-6-4-2)33-65-49-45(63)42(60)47(37(31-54)67-49)70-51-46(64)43(61)48(38(32-55)68-51)69-50-44(62)41(59)40(58)36(30-53)66-50/h5,7,11-12,14-15,17-18,20-21,23,25-26,28,34-38,40-51,53-56,58-64H,3-4,6,8-10,13,16,19,22,24,27,29-33H2,1-2H3,(H,52,57)/b7-5-,12-11-,15-14-,18-17-,21-20-,25-23-,28-26+. The second-order valence-corrected chi connectivity index (χ2v) is 17.5. The van der Waals surface area contributed by atoms with Crippen LogP contribution in [0.4, 0.5) is 0 Å². The van der Waals surface area contributed by atoms with E-state index in [1.807, 2.05) is 18.2 Å². The van der Waals surface area contributed by atoms with E-state index >= 15 is 0 Å². The highest BCUT2D eigenvalue weighted by atomic mass is 16.8. The number of unbranched alkanes of at least 4 members (excludes halogenated alkanes) is 4. The third-order valence-electron chi connectivity index (χ3n) is 12.0. The van der Waals surface area contributed by atoms with Crippen LogP contribution in [0.25, 0.3) is 0 Å². The van der Waals surface area contributed by atoms with Gasteiger partial charge < -0.3 is 89.9 Å². The minimum Gasteiger partial charge on any atom is -0.394 e. The lowest BCUT2D eigenvalue weighted by molar-refractivity contribution is -0.379. The normalized spacial score (nSPS) is 33.3. The van der Waals surface area contributed by atoms with Crippen molar-refractivity contribution in [2.24, 2.45) is 0 Å². The van der Waals surface area contributed by atoms with Crippen molar-refractivity contribution < 1.29 is 89.4 Å². The van der Waals surface area contributed by atoms with Crippen LogP contribution in [0.15, 0.2) is 85.1 Å². The van der Waals surface area contributed by atoms with Gasteiger partial charge in [0.1, 0.15) is 73.2 Å². The van der Waals surface area contributed by atoms with E-state index in [4.69, 9.17) is 28.4 Å². The van der Waals surface area contributed by atoms with Crippen LogP contribution in [-0.4, -0.2) is 193 Å². The second-order valence-electron chi connectivity index (χ2n) is 17.5. The average molecular weight is 998 g/mol. The van der Waals surface area contributed by atoms with Crippen LogP contribution in [0.5, 0.6) is 0 Å². The molecule has 3 rings (SSSR count). The van der Waals surface area contributed by atoms with Gasteiger partial charge in [0.25, 0.3) is 0 Å². The van der Waals surface area contributed by atoms with E-state index in [0.717, 1.165) is 57.8 Å². The number of carbonyl (C=O) groups is 1. The van der Waals surface area contributed by atoms with Gasteiger partial charge in [-0.25, -0.2) is 0 Å². The lowest BCUT2D eigenvalue weighted by Crippen LogP contribution is -2.66. The van der Waals surface area contributed by atoms with Crippen LogP contribution in [0.1, 0.15) is 97.3 Å². The van der Waals surface area contributed by atoms with Gasteiger partial charge in [-0.15, -0.1) is 0 Å². The molecule has 12 N–H and O–H groups in total. The number of hydrogen-bond acceptors (Lipinski definition) is 18. The summed E-state index contributed by atoms with van der Waals surface area (Å²) >= 11 is 0.